The van der Waals surface area contributed by atoms with Crippen LogP contribution in [0.4, 0.5) is 9.18 Å². The van der Waals surface area contributed by atoms with Crippen LogP contribution in [0.5, 0.6) is 0 Å². The number of halogens is 2. The third-order valence-electron chi connectivity index (χ3n) is 5.34. The van der Waals surface area contributed by atoms with Gasteiger partial charge in [-0.2, -0.15) is 0 Å². The molecule has 4 rings (SSSR count). The fraction of sp³-hybridized carbons (Fsp3) is 0.273. The monoisotopic (exact) mass is 459 g/mol. The number of amidine groups is 2. The fourth-order valence-corrected chi connectivity index (χ4v) is 5.03. The van der Waals surface area contributed by atoms with E-state index in [-0.39, 0.29) is 11.7 Å². The average Bonchev–Trinajstić information content (AvgIpc) is 3.08. The number of benzene rings is 2. The van der Waals surface area contributed by atoms with Gasteiger partial charge in [0.15, 0.2) is 0 Å². The highest BCUT2D eigenvalue weighted by Crippen LogP contribution is 2.29. The van der Waals surface area contributed by atoms with Crippen LogP contribution in [0.2, 0.25) is 5.02 Å². The van der Waals surface area contributed by atoms with E-state index >= 15 is 0 Å². The minimum absolute atomic E-state index is 0.246. The number of rotatable bonds is 4. The van der Waals surface area contributed by atoms with E-state index in [2.05, 4.69) is 4.99 Å². The summed E-state index contributed by atoms with van der Waals surface area (Å²) in [5, 5.41) is 0.883. The highest BCUT2D eigenvalue weighted by molar-refractivity contribution is 8.13. The van der Waals surface area contributed by atoms with Gasteiger partial charge in [-0.25, -0.2) is 13.8 Å². The number of aliphatic imine (C=N–C) groups is 1. The first-order valence-electron chi connectivity index (χ1n) is 9.66. The molecule has 2 aromatic carbocycles. The van der Waals surface area contributed by atoms with Gasteiger partial charge in [0.2, 0.25) is 0 Å². The highest BCUT2D eigenvalue weighted by Gasteiger charge is 2.53. The second-order valence-electron chi connectivity index (χ2n) is 7.50. The Kier molecular flexibility index (Phi) is 5.85. The van der Waals surface area contributed by atoms with Crippen LogP contribution < -0.4 is 0 Å². The summed E-state index contributed by atoms with van der Waals surface area (Å²) in [4.78, 5) is 32.5. The van der Waals surface area contributed by atoms with E-state index < -0.39 is 17.9 Å². The summed E-state index contributed by atoms with van der Waals surface area (Å²) in [6, 6.07) is 11.4. The molecule has 1 atom stereocenters. The van der Waals surface area contributed by atoms with E-state index in [1.165, 1.54) is 29.8 Å². The van der Waals surface area contributed by atoms with Crippen molar-refractivity contribution in [1.82, 2.24) is 9.80 Å². The molecule has 2 aliphatic rings. The SMILES string of the molecule is Cc1cccc(C[N+]2=C(SCc3c(F)cccc3Cl)N=C3C2C(=O)N(C)C(=O)N3C)c1. The van der Waals surface area contributed by atoms with Gasteiger partial charge in [0, 0.05) is 30.4 Å². The van der Waals surface area contributed by atoms with Crippen LogP contribution in [0.1, 0.15) is 16.7 Å². The molecule has 6 nitrogen and oxygen atoms in total. The van der Waals surface area contributed by atoms with Crippen LogP contribution in [0.3, 0.4) is 0 Å². The number of aryl methyl sites for hydroxylation is 1. The number of imide groups is 1. The first kappa shape index (κ1) is 21.5. The summed E-state index contributed by atoms with van der Waals surface area (Å²) in [5.41, 5.74) is 2.48. The molecule has 2 aromatic rings. The number of fused-ring (bicyclic) bond motifs is 1. The van der Waals surface area contributed by atoms with E-state index in [4.69, 9.17) is 11.6 Å². The molecule has 0 saturated carbocycles. The van der Waals surface area contributed by atoms with Crippen LogP contribution >= 0.6 is 23.4 Å². The zero-order valence-corrected chi connectivity index (χ0v) is 18.9. The molecular weight excluding hydrogens is 439 g/mol. The number of amides is 3. The molecule has 0 N–H and O–H groups in total. The molecule has 31 heavy (non-hydrogen) atoms. The van der Waals surface area contributed by atoms with Crippen molar-refractivity contribution in [3.8, 4) is 0 Å². The van der Waals surface area contributed by atoms with E-state index in [0.717, 1.165) is 16.0 Å². The lowest BCUT2D eigenvalue weighted by atomic mass is 10.1. The van der Waals surface area contributed by atoms with Crippen LogP contribution in [0.15, 0.2) is 47.5 Å². The van der Waals surface area contributed by atoms with Gasteiger partial charge in [0.25, 0.3) is 17.8 Å². The van der Waals surface area contributed by atoms with Crippen molar-refractivity contribution < 1.29 is 18.6 Å². The van der Waals surface area contributed by atoms with Gasteiger partial charge >= 0.3 is 11.2 Å². The van der Waals surface area contributed by atoms with Gasteiger partial charge < -0.3 is 0 Å². The number of hydrogen-bond donors (Lipinski definition) is 0. The Morgan fingerprint density at radius 2 is 1.90 bits per heavy atom. The zero-order valence-electron chi connectivity index (χ0n) is 17.3. The Hall–Kier alpha value is -2.71. The molecule has 1 fully saturated rings. The van der Waals surface area contributed by atoms with Crippen molar-refractivity contribution in [1.29, 1.82) is 0 Å². The second kappa shape index (κ2) is 8.43. The first-order chi connectivity index (χ1) is 14.8. The fourth-order valence-electron chi connectivity index (χ4n) is 3.66. The molecule has 2 aliphatic heterocycles. The maximum atomic E-state index is 14.3. The molecule has 160 valence electrons. The van der Waals surface area contributed by atoms with Crippen molar-refractivity contribution in [2.45, 2.75) is 25.3 Å². The molecule has 1 saturated heterocycles. The third-order valence-corrected chi connectivity index (χ3v) is 6.71. The quantitative estimate of drug-likeness (QED) is 0.652. The number of carbonyl (C=O) groups is 2. The van der Waals surface area contributed by atoms with Crippen molar-refractivity contribution in [3.05, 3.63) is 70.0 Å². The van der Waals surface area contributed by atoms with Gasteiger partial charge in [-0.3, -0.25) is 14.6 Å². The zero-order chi connectivity index (χ0) is 22.3. The standard InChI is InChI=1S/C22H21ClFN4O2S/c1-13-6-4-7-14(10-13)11-28-18-19(26(2)22(30)27(3)20(18)29)25-21(28)31-12-15-16(23)8-5-9-17(15)24/h4-10,18H,11-12H2,1-3H3/q+1. The van der Waals surface area contributed by atoms with Crippen LogP contribution in [-0.4, -0.2) is 57.5 Å². The van der Waals surface area contributed by atoms with Crippen molar-refractivity contribution in [3.63, 3.8) is 0 Å². The van der Waals surface area contributed by atoms with E-state index in [1.807, 2.05) is 35.8 Å². The van der Waals surface area contributed by atoms with Gasteiger partial charge in [0.05, 0.1) is 0 Å². The lowest BCUT2D eigenvalue weighted by Crippen LogP contribution is -2.61. The van der Waals surface area contributed by atoms with E-state index in [1.54, 1.807) is 19.2 Å². The number of urea groups is 1. The maximum Gasteiger partial charge on any atom is 0.358 e. The van der Waals surface area contributed by atoms with Crippen LogP contribution in [0, 0.1) is 12.7 Å². The van der Waals surface area contributed by atoms with E-state index in [0.29, 0.717) is 28.1 Å². The highest BCUT2D eigenvalue weighted by atomic mass is 35.5. The van der Waals surface area contributed by atoms with Gasteiger partial charge in [-0.1, -0.05) is 47.5 Å². The molecular formula is C22H21ClFN4O2S+. The van der Waals surface area contributed by atoms with Crippen LogP contribution in [0.25, 0.3) is 0 Å². The maximum absolute atomic E-state index is 14.3. The molecule has 1 unspecified atom stereocenters. The molecule has 0 radical (unpaired) electrons. The Bertz CT molecular complexity index is 1130. The minimum atomic E-state index is -0.716. The third kappa shape index (κ3) is 3.97. The molecule has 0 aliphatic carbocycles. The lowest BCUT2D eigenvalue weighted by Gasteiger charge is -2.30. The normalized spacial score (nSPS) is 18.6. The van der Waals surface area contributed by atoms with Crippen molar-refractivity contribution in [2.75, 3.05) is 14.1 Å². The number of thioether (sulfide) groups is 1. The number of hydrogen-bond acceptors (Lipinski definition) is 4. The summed E-state index contributed by atoms with van der Waals surface area (Å²) in [6.07, 6.45) is 0. The molecule has 2 heterocycles. The predicted octanol–water partition coefficient (Wildman–Crippen LogP) is 3.89. The largest absolute Gasteiger partial charge is 0.358 e. The summed E-state index contributed by atoms with van der Waals surface area (Å²) in [7, 11) is 3.07. The second-order valence-corrected chi connectivity index (χ2v) is 8.85. The molecule has 9 heteroatoms. The minimum Gasteiger partial charge on any atom is -0.269 e. The summed E-state index contributed by atoms with van der Waals surface area (Å²) >= 11 is 7.47. The van der Waals surface area contributed by atoms with Crippen molar-refractivity contribution in [2.24, 2.45) is 4.99 Å². The Morgan fingerprint density at radius 1 is 1.16 bits per heavy atom. The number of nitrogens with zero attached hydrogens (tertiary/aromatic N) is 4. The average molecular weight is 460 g/mol. The summed E-state index contributed by atoms with van der Waals surface area (Å²) in [5.74, 6) is -0.106. The van der Waals surface area contributed by atoms with E-state index in [9.17, 15) is 14.0 Å². The Labute approximate surface area is 189 Å². The Morgan fingerprint density at radius 3 is 2.61 bits per heavy atom. The Balaban J connectivity index is 1.72. The molecule has 0 bridgehead atoms. The molecule has 0 aromatic heterocycles. The van der Waals surface area contributed by atoms with Gasteiger partial charge in [0.1, 0.15) is 12.4 Å². The summed E-state index contributed by atoms with van der Waals surface area (Å²) in [6.45, 7) is 2.43. The topological polar surface area (TPSA) is 56.0 Å². The molecule has 0 spiro atoms. The van der Waals surface area contributed by atoms with Crippen LogP contribution in [-0.2, 0) is 17.1 Å². The lowest BCUT2D eigenvalue weighted by molar-refractivity contribution is -0.548. The smallest absolute Gasteiger partial charge is 0.269 e. The number of carbonyl (C=O) groups excluding carboxylic acids is 2. The first-order valence-corrected chi connectivity index (χ1v) is 11.0. The molecule has 3 amide bonds. The predicted molar refractivity (Wildman–Crippen MR) is 120 cm³/mol. The number of likely N-dealkylation sites (N-methyl/N-ethyl adjacent to an activating group) is 2. The summed E-state index contributed by atoms with van der Waals surface area (Å²) < 4.78 is 16.1. The van der Waals surface area contributed by atoms with Gasteiger partial charge in [-0.05, 0) is 41.4 Å². The van der Waals surface area contributed by atoms with Crippen molar-refractivity contribution >= 4 is 46.3 Å². The van der Waals surface area contributed by atoms with Gasteiger partial charge in [-0.15, -0.1) is 0 Å².